The minimum absolute atomic E-state index is 0.108. The molecule has 1 unspecified atom stereocenters. The molecule has 5 aliphatic rings. The van der Waals surface area contributed by atoms with E-state index in [0.717, 1.165) is 12.8 Å². The number of nitrogens with zero attached hydrogens (tertiary/aromatic N) is 4. The standard InChI is InChI=1S/C20H30N2O5.C18H26N2O5/c1-7-14-10-11-15(16(23)26-6)22(14)17(24)20(8-2)12-9-13-21(20)18(25)27-19(3,4)5;1-17(2,3)25-16(23)19-11-5-9-18(19)10-8-12-6-7-13(14(21)24-4)20(12)15(18)22/h7-8,14-15H,1-2,9-13H2,3-6H3;8,10,12-13H,5-7,9,11H2,1-4H3/t14?,15-,20-;12-,13-,18+/m00/s1. The van der Waals surface area contributed by atoms with Crippen LogP contribution in [0, 0.1) is 0 Å². The van der Waals surface area contributed by atoms with E-state index in [-0.39, 0.29) is 23.9 Å². The molecule has 288 valence electrons. The van der Waals surface area contributed by atoms with Gasteiger partial charge >= 0.3 is 24.1 Å². The second kappa shape index (κ2) is 15.3. The monoisotopic (exact) mass is 728 g/mol. The topological polar surface area (TPSA) is 152 Å². The number of ether oxygens (including phenoxy) is 4. The molecular weight excluding hydrogens is 672 g/mol. The highest BCUT2D eigenvalue weighted by Gasteiger charge is 2.57. The summed E-state index contributed by atoms with van der Waals surface area (Å²) in [5.74, 6) is -1.40. The van der Waals surface area contributed by atoms with Crippen LogP contribution in [-0.4, -0.2) is 129 Å². The maximum Gasteiger partial charge on any atom is 0.411 e. The van der Waals surface area contributed by atoms with E-state index < -0.39 is 58.5 Å². The summed E-state index contributed by atoms with van der Waals surface area (Å²) in [6.45, 7) is 19.2. The molecule has 0 saturated carbocycles. The third kappa shape index (κ3) is 7.71. The Morgan fingerprint density at radius 1 is 0.788 bits per heavy atom. The highest BCUT2D eigenvalue weighted by molar-refractivity contribution is 5.97. The number of amides is 4. The van der Waals surface area contributed by atoms with Gasteiger partial charge in [-0.05, 0) is 92.9 Å². The van der Waals surface area contributed by atoms with Gasteiger partial charge in [-0.2, -0.15) is 0 Å². The fourth-order valence-electron chi connectivity index (χ4n) is 7.95. The highest BCUT2D eigenvalue weighted by Crippen LogP contribution is 2.42. The first-order valence-electron chi connectivity index (χ1n) is 18.1. The first kappa shape index (κ1) is 40.4. The summed E-state index contributed by atoms with van der Waals surface area (Å²) in [5, 5.41) is 0. The molecule has 0 aromatic carbocycles. The molecule has 0 aliphatic carbocycles. The van der Waals surface area contributed by atoms with Crippen molar-refractivity contribution in [3.8, 4) is 0 Å². The van der Waals surface area contributed by atoms with Gasteiger partial charge in [-0.1, -0.05) is 24.3 Å². The molecule has 0 aromatic heterocycles. The van der Waals surface area contributed by atoms with Crippen molar-refractivity contribution in [2.75, 3.05) is 27.3 Å². The quantitative estimate of drug-likeness (QED) is 0.225. The second-order valence-corrected chi connectivity index (χ2v) is 15.9. The summed E-state index contributed by atoms with van der Waals surface area (Å²) in [4.78, 5) is 82.7. The van der Waals surface area contributed by atoms with Crippen molar-refractivity contribution in [1.29, 1.82) is 0 Å². The summed E-state index contributed by atoms with van der Waals surface area (Å²) in [5.41, 5.74) is -3.59. The molecule has 4 fully saturated rings. The predicted octanol–water partition coefficient (Wildman–Crippen LogP) is 4.52. The highest BCUT2D eigenvalue weighted by atomic mass is 16.6. The minimum Gasteiger partial charge on any atom is -0.467 e. The van der Waals surface area contributed by atoms with E-state index in [1.165, 1.54) is 35.0 Å². The Bertz CT molecular complexity index is 1480. The van der Waals surface area contributed by atoms with Crippen LogP contribution in [0.4, 0.5) is 9.59 Å². The third-order valence-electron chi connectivity index (χ3n) is 10.3. The molecule has 0 aromatic rings. The normalized spacial score (nSPS) is 29.7. The van der Waals surface area contributed by atoms with Gasteiger partial charge in [0.2, 0.25) is 0 Å². The van der Waals surface area contributed by atoms with Crippen LogP contribution in [-0.2, 0) is 38.1 Å². The van der Waals surface area contributed by atoms with Gasteiger partial charge in [-0.15, -0.1) is 13.2 Å². The zero-order valence-corrected chi connectivity index (χ0v) is 32.0. The van der Waals surface area contributed by atoms with E-state index in [9.17, 15) is 28.8 Å². The van der Waals surface area contributed by atoms with Crippen LogP contribution in [0.5, 0.6) is 0 Å². The fourth-order valence-corrected chi connectivity index (χ4v) is 7.95. The lowest BCUT2D eigenvalue weighted by atomic mass is 9.89. The summed E-state index contributed by atoms with van der Waals surface area (Å²) in [6, 6.07) is -1.67. The Morgan fingerprint density at radius 2 is 1.33 bits per heavy atom. The van der Waals surface area contributed by atoms with Crippen LogP contribution < -0.4 is 0 Å². The molecule has 1 spiro atoms. The molecule has 4 amide bonds. The third-order valence-corrected chi connectivity index (χ3v) is 10.3. The van der Waals surface area contributed by atoms with Crippen molar-refractivity contribution in [3.63, 3.8) is 0 Å². The summed E-state index contributed by atoms with van der Waals surface area (Å²) >= 11 is 0. The minimum atomic E-state index is -1.24. The van der Waals surface area contributed by atoms with Gasteiger partial charge in [-0.3, -0.25) is 19.4 Å². The van der Waals surface area contributed by atoms with E-state index in [2.05, 4.69) is 13.2 Å². The molecule has 5 heterocycles. The molecule has 14 nitrogen and oxygen atoms in total. The first-order valence-corrected chi connectivity index (χ1v) is 18.1. The lowest BCUT2D eigenvalue weighted by Crippen LogP contribution is -2.63. The molecule has 6 atom stereocenters. The zero-order chi connectivity index (χ0) is 38.8. The number of carbonyl (C=O) groups is 6. The van der Waals surface area contributed by atoms with Crippen molar-refractivity contribution < 1.29 is 47.7 Å². The van der Waals surface area contributed by atoms with Gasteiger partial charge < -0.3 is 28.7 Å². The average molecular weight is 729 g/mol. The number of likely N-dealkylation sites (tertiary alicyclic amines) is 3. The Balaban J connectivity index is 0.000000233. The van der Waals surface area contributed by atoms with Gasteiger partial charge in [0.15, 0.2) is 0 Å². The smallest absolute Gasteiger partial charge is 0.411 e. The molecule has 5 aliphatic heterocycles. The lowest BCUT2D eigenvalue weighted by Gasteiger charge is -2.43. The average Bonchev–Trinajstić information content (AvgIpc) is 3.88. The Morgan fingerprint density at radius 3 is 1.88 bits per heavy atom. The fraction of sp³-hybridized carbons (Fsp3) is 0.684. The molecule has 0 N–H and O–H groups in total. The van der Waals surface area contributed by atoms with Crippen molar-refractivity contribution >= 4 is 35.9 Å². The number of hydrogen-bond acceptors (Lipinski definition) is 10. The van der Waals surface area contributed by atoms with Gasteiger partial charge in [0.1, 0.15) is 34.4 Å². The van der Waals surface area contributed by atoms with Crippen LogP contribution in [0.3, 0.4) is 0 Å². The van der Waals surface area contributed by atoms with E-state index in [4.69, 9.17) is 18.9 Å². The van der Waals surface area contributed by atoms with Gasteiger partial charge in [0.25, 0.3) is 11.8 Å². The largest absolute Gasteiger partial charge is 0.467 e. The van der Waals surface area contributed by atoms with E-state index >= 15 is 0 Å². The SMILES string of the molecule is C=CC1CC[C@@H](C(=O)OC)N1C(=O)[C@]1(C=C)CCCN1C(=O)OC(C)(C)C.COC(=O)[C@@H]1CC[C@H]2C=C[C@]3(CCCN3C(=O)OC(C)(C)C)C(=O)N21. The van der Waals surface area contributed by atoms with Crippen molar-refractivity contribution in [2.45, 2.75) is 139 Å². The zero-order valence-electron chi connectivity index (χ0n) is 32.0. The number of fused-ring (bicyclic) bond motifs is 1. The van der Waals surface area contributed by atoms with Crippen molar-refractivity contribution in [1.82, 2.24) is 19.6 Å². The molecule has 0 bridgehead atoms. The maximum absolute atomic E-state index is 13.6. The molecule has 0 radical (unpaired) electrons. The van der Waals surface area contributed by atoms with E-state index in [1.54, 1.807) is 52.5 Å². The molecule has 14 heteroatoms. The van der Waals surface area contributed by atoms with Crippen LogP contribution in [0.2, 0.25) is 0 Å². The molecular formula is C38H56N4O10. The van der Waals surface area contributed by atoms with Crippen LogP contribution in [0.1, 0.15) is 92.9 Å². The number of carbonyl (C=O) groups excluding carboxylic acids is 6. The number of esters is 2. The maximum atomic E-state index is 13.6. The predicted molar refractivity (Wildman–Crippen MR) is 191 cm³/mol. The first-order chi connectivity index (χ1) is 24.3. The van der Waals surface area contributed by atoms with Crippen molar-refractivity contribution in [2.24, 2.45) is 0 Å². The molecule has 5 rings (SSSR count). The van der Waals surface area contributed by atoms with Crippen molar-refractivity contribution in [3.05, 3.63) is 37.5 Å². The van der Waals surface area contributed by atoms with Crippen LogP contribution in [0.25, 0.3) is 0 Å². The van der Waals surface area contributed by atoms with Gasteiger partial charge in [-0.25, -0.2) is 19.2 Å². The van der Waals surface area contributed by atoms with Gasteiger partial charge in [0, 0.05) is 13.1 Å². The summed E-state index contributed by atoms with van der Waals surface area (Å²) in [6.07, 6.45) is 10.7. The summed E-state index contributed by atoms with van der Waals surface area (Å²) < 4.78 is 20.7. The number of hydrogen-bond donors (Lipinski definition) is 0. The lowest BCUT2D eigenvalue weighted by molar-refractivity contribution is -0.155. The van der Waals surface area contributed by atoms with Crippen LogP contribution >= 0.6 is 0 Å². The number of methoxy groups -OCH3 is 2. The van der Waals surface area contributed by atoms with E-state index in [1.807, 2.05) is 12.2 Å². The Kier molecular flexibility index (Phi) is 11.9. The number of rotatable bonds is 5. The van der Waals surface area contributed by atoms with Crippen LogP contribution in [0.15, 0.2) is 37.5 Å². The Hall–Kier alpha value is -4.36. The van der Waals surface area contributed by atoms with Gasteiger partial charge in [0.05, 0.1) is 26.3 Å². The Labute approximate surface area is 307 Å². The van der Waals surface area contributed by atoms with E-state index in [0.29, 0.717) is 51.6 Å². The molecule has 52 heavy (non-hydrogen) atoms. The second-order valence-electron chi connectivity index (χ2n) is 15.9. The summed E-state index contributed by atoms with van der Waals surface area (Å²) in [7, 11) is 2.64. The molecule has 4 saturated heterocycles.